The fourth-order valence-electron chi connectivity index (χ4n) is 3.35. The van der Waals surface area contributed by atoms with E-state index in [4.69, 9.17) is 9.47 Å². The van der Waals surface area contributed by atoms with E-state index in [1.54, 1.807) is 11.8 Å². The number of nitrogens with zero attached hydrogens (tertiary/aromatic N) is 1. The lowest BCUT2D eigenvalue weighted by Crippen LogP contribution is -2.42. The number of carbonyl (C=O) groups is 2. The van der Waals surface area contributed by atoms with Gasteiger partial charge in [0.2, 0.25) is 0 Å². The zero-order chi connectivity index (χ0) is 20.1. The third-order valence-corrected chi connectivity index (χ3v) is 5.01. The van der Waals surface area contributed by atoms with Crippen LogP contribution in [0.1, 0.15) is 35.6 Å². The summed E-state index contributed by atoms with van der Waals surface area (Å²) in [6.07, 6.45) is 0.138. The minimum atomic E-state index is -0.793. The Balaban J connectivity index is 1.46. The molecule has 0 saturated heterocycles. The minimum Gasteiger partial charge on any atom is -0.493 e. The summed E-state index contributed by atoms with van der Waals surface area (Å²) in [4.78, 5) is 26.5. The lowest BCUT2D eigenvalue weighted by atomic mass is 9.99. The third-order valence-electron chi connectivity index (χ3n) is 5.01. The molecule has 2 aromatic carbocycles. The summed E-state index contributed by atoms with van der Waals surface area (Å²) in [5.74, 6) is 0.186. The molecule has 1 aliphatic heterocycles. The average Bonchev–Trinajstić information content (AvgIpc) is 2.69. The fraction of sp³-hybridized carbons (Fsp3) is 0.391. The minimum absolute atomic E-state index is 0.105. The van der Waals surface area contributed by atoms with Crippen molar-refractivity contribution in [1.82, 2.24) is 4.90 Å². The van der Waals surface area contributed by atoms with E-state index in [1.807, 2.05) is 50.2 Å². The van der Waals surface area contributed by atoms with E-state index in [1.165, 1.54) is 5.56 Å². The van der Waals surface area contributed by atoms with Crippen molar-refractivity contribution in [2.75, 3.05) is 13.2 Å². The quantitative estimate of drug-likeness (QED) is 0.718. The lowest BCUT2D eigenvalue weighted by Gasteiger charge is -2.30. The van der Waals surface area contributed by atoms with Crippen LogP contribution < -0.4 is 4.74 Å². The number of amides is 1. The Morgan fingerprint density at radius 1 is 1.11 bits per heavy atom. The molecular formula is C23H27NO4. The van der Waals surface area contributed by atoms with Gasteiger partial charge in [-0.1, -0.05) is 36.4 Å². The molecule has 0 N–H and O–H groups in total. The second kappa shape index (κ2) is 8.91. The van der Waals surface area contributed by atoms with E-state index in [0.29, 0.717) is 13.1 Å². The van der Waals surface area contributed by atoms with Gasteiger partial charge in [-0.2, -0.15) is 0 Å². The maximum absolute atomic E-state index is 12.6. The fourth-order valence-corrected chi connectivity index (χ4v) is 3.35. The van der Waals surface area contributed by atoms with E-state index in [-0.39, 0.29) is 18.9 Å². The molecule has 1 amide bonds. The van der Waals surface area contributed by atoms with Crippen molar-refractivity contribution < 1.29 is 19.1 Å². The smallest absolute Gasteiger partial charge is 0.310 e. The highest BCUT2D eigenvalue weighted by Gasteiger charge is 2.26. The Bertz CT molecular complexity index is 861. The van der Waals surface area contributed by atoms with Crippen molar-refractivity contribution in [3.63, 3.8) is 0 Å². The summed E-state index contributed by atoms with van der Waals surface area (Å²) < 4.78 is 11.0. The molecular weight excluding hydrogens is 354 g/mol. The highest BCUT2D eigenvalue weighted by molar-refractivity contribution is 5.83. The van der Waals surface area contributed by atoms with Gasteiger partial charge in [0.1, 0.15) is 5.75 Å². The number of hydrogen-bond acceptors (Lipinski definition) is 4. The number of fused-ring (bicyclic) bond motifs is 1. The molecule has 0 saturated carbocycles. The van der Waals surface area contributed by atoms with Crippen LogP contribution in [-0.4, -0.2) is 36.0 Å². The monoisotopic (exact) mass is 381 g/mol. The molecule has 1 heterocycles. The van der Waals surface area contributed by atoms with Crippen molar-refractivity contribution in [2.24, 2.45) is 0 Å². The summed E-state index contributed by atoms with van der Waals surface area (Å²) in [6, 6.07) is 14.1. The Labute approximate surface area is 166 Å². The predicted molar refractivity (Wildman–Crippen MR) is 107 cm³/mol. The second-order valence-electron chi connectivity index (χ2n) is 7.28. The first-order valence-corrected chi connectivity index (χ1v) is 9.69. The normalized spacial score (nSPS) is 14.2. The van der Waals surface area contributed by atoms with Crippen LogP contribution in [0.2, 0.25) is 0 Å². The van der Waals surface area contributed by atoms with E-state index < -0.39 is 12.1 Å². The molecule has 2 aromatic rings. The Hall–Kier alpha value is -2.82. The topological polar surface area (TPSA) is 55.8 Å². The van der Waals surface area contributed by atoms with Gasteiger partial charge in [-0.25, -0.2) is 0 Å². The second-order valence-corrected chi connectivity index (χ2v) is 7.28. The zero-order valence-corrected chi connectivity index (χ0v) is 16.7. The highest BCUT2D eigenvalue weighted by Crippen LogP contribution is 2.20. The van der Waals surface area contributed by atoms with Crippen LogP contribution in [0.4, 0.5) is 0 Å². The van der Waals surface area contributed by atoms with Crippen LogP contribution in [0.25, 0.3) is 0 Å². The van der Waals surface area contributed by atoms with Crippen LogP contribution in [0.3, 0.4) is 0 Å². The Morgan fingerprint density at radius 2 is 1.86 bits per heavy atom. The summed E-state index contributed by atoms with van der Waals surface area (Å²) in [7, 11) is 0. The Kier molecular flexibility index (Phi) is 6.34. The van der Waals surface area contributed by atoms with Crippen LogP contribution >= 0.6 is 0 Å². The summed E-state index contributed by atoms with van der Waals surface area (Å²) in [5, 5.41) is 0. The van der Waals surface area contributed by atoms with Crippen molar-refractivity contribution >= 4 is 11.9 Å². The Morgan fingerprint density at radius 3 is 2.64 bits per heavy atom. The molecule has 0 radical (unpaired) electrons. The summed E-state index contributed by atoms with van der Waals surface area (Å²) in [5.41, 5.74) is 4.56. The van der Waals surface area contributed by atoms with Crippen molar-refractivity contribution in [1.29, 1.82) is 0 Å². The maximum atomic E-state index is 12.6. The summed E-state index contributed by atoms with van der Waals surface area (Å²) >= 11 is 0. The van der Waals surface area contributed by atoms with Gasteiger partial charge in [-0.15, -0.1) is 0 Å². The first-order valence-electron chi connectivity index (χ1n) is 9.69. The molecule has 1 unspecified atom stereocenters. The van der Waals surface area contributed by atoms with Gasteiger partial charge in [0, 0.05) is 13.1 Å². The molecule has 1 atom stereocenters. The number of benzene rings is 2. The zero-order valence-electron chi connectivity index (χ0n) is 16.7. The maximum Gasteiger partial charge on any atom is 0.310 e. The summed E-state index contributed by atoms with van der Waals surface area (Å²) in [6.45, 7) is 7.02. The molecule has 1 aliphatic rings. The van der Waals surface area contributed by atoms with Gasteiger partial charge in [-0.05, 0) is 55.5 Å². The number of aryl methyl sites for hydroxylation is 2. The van der Waals surface area contributed by atoms with Gasteiger partial charge in [0.15, 0.2) is 6.10 Å². The van der Waals surface area contributed by atoms with Gasteiger partial charge in [-0.3, -0.25) is 9.59 Å². The molecule has 5 nitrogen and oxygen atoms in total. The molecule has 0 bridgehead atoms. The van der Waals surface area contributed by atoms with Gasteiger partial charge in [0.05, 0.1) is 13.0 Å². The van der Waals surface area contributed by atoms with E-state index in [9.17, 15) is 9.59 Å². The molecule has 3 rings (SSSR count). The standard InChI is InChI=1S/C23H27NO4/c1-16-8-9-17(2)21(14-16)27-13-11-22(25)28-18(3)23(26)24-12-10-19-6-4-5-7-20(19)15-24/h4-9,14,18H,10-13,15H2,1-3H3. The molecule has 0 fully saturated rings. The number of carbonyl (C=O) groups excluding carboxylic acids is 2. The van der Waals surface area contributed by atoms with E-state index in [2.05, 4.69) is 6.07 Å². The average molecular weight is 381 g/mol. The van der Waals surface area contributed by atoms with Crippen LogP contribution in [0, 0.1) is 13.8 Å². The molecule has 28 heavy (non-hydrogen) atoms. The number of hydrogen-bond donors (Lipinski definition) is 0. The highest BCUT2D eigenvalue weighted by atomic mass is 16.6. The van der Waals surface area contributed by atoms with Crippen molar-refractivity contribution in [3.8, 4) is 5.75 Å². The number of ether oxygens (including phenoxy) is 2. The van der Waals surface area contributed by atoms with Gasteiger partial charge >= 0.3 is 5.97 Å². The molecule has 0 aromatic heterocycles. The van der Waals surface area contributed by atoms with E-state index >= 15 is 0 Å². The molecule has 148 valence electrons. The van der Waals surface area contributed by atoms with Gasteiger partial charge < -0.3 is 14.4 Å². The number of esters is 1. The third kappa shape index (κ3) is 4.91. The van der Waals surface area contributed by atoms with Crippen molar-refractivity contribution in [3.05, 3.63) is 64.7 Å². The van der Waals surface area contributed by atoms with E-state index in [0.717, 1.165) is 28.9 Å². The molecule has 0 aliphatic carbocycles. The molecule has 0 spiro atoms. The molecule has 5 heteroatoms. The predicted octanol–water partition coefficient (Wildman–Crippen LogP) is 3.59. The number of rotatable bonds is 6. The van der Waals surface area contributed by atoms with Crippen LogP contribution in [0.5, 0.6) is 5.75 Å². The SMILES string of the molecule is Cc1ccc(C)c(OCCC(=O)OC(C)C(=O)N2CCc3ccccc3C2)c1. The first-order chi connectivity index (χ1) is 13.4. The largest absolute Gasteiger partial charge is 0.493 e. The van der Waals surface area contributed by atoms with Crippen LogP contribution in [-0.2, 0) is 27.3 Å². The van der Waals surface area contributed by atoms with Crippen molar-refractivity contribution in [2.45, 2.75) is 46.3 Å². The van der Waals surface area contributed by atoms with Crippen LogP contribution in [0.15, 0.2) is 42.5 Å². The lowest BCUT2D eigenvalue weighted by molar-refractivity contribution is -0.160. The first kappa shape index (κ1) is 19.9. The van der Waals surface area contributed by atoms with Gasteiger partial charge in [0.25, 0.3) is 5.91 Å².